The monoisotopic (exact) mass is 378 g/mol. The van der Waals surface area contributed by atoms with Crippen LogP contribution in [0, 0.1) is 0 Å². The summed E-state index contributed by atoms with van der Waals surface area (Å²) in [5.74, 6) is 0.920. The molecule has 0 fully saturated rings. The summed E-state index contributed by atoms with van der Waals surface area (Å²) < 4.78 is 0. The van der Waals surface area contributed by atoms with Crippen molar-refractivity contribution in [3.05, 3.63) is 47.5 Å². The Morgan fingerprint density at radius 2 is 1.88 bits per heavy atom. The molecule has 132 valence electrons. The van der Waals surface area contributed by atoms with E-state index in [0.717, 1.165) is 36.8 Å². The molecule has 0 radical (unpaired) electrons. The Labute approximate surface area is 158 Å². The third-order valence-electron chi connectivity index (χ3n) is 4.06. The molecule has 6 N–H and O–H groups in total. The van der Waals surface area contributed by atoms with Crippen LogP contribution in [0.2, 0.25) is 0 Å². The van der Waals surface area contributed by atoms with Gasteiger partial charge in [0, 0.05) is 12.2 Å². The van der Waals surface area contributed by atoms with Crippen molar-refractivity contribution in [1.82, 2.24) is 5.32 Å². The van der Waals surface area contributed by atoms with Gasteiger partial charge in [0.15, 0.2) is 11.9 Å². The number of benzene rings is 2. The number of fused-ring (bicyclic) bond motifs is 3. The number of nitrogens with zero attached hydrogens (tertiary/aromatic N) is 2. The van der Waals surface area contributed by atoms with Crippen molar-refractivity contribution in [2.45, 2.75) is 6.42 Å². The molecule has 0 aromatic heterocycles. The second kappa shape index (κ2) is 7.63. The predicted molar refractivity (Wildman–Crippen MR) is 109 cm³/mol. The summed E-state index contributed by atoms with van der Waals surface area (Å²) in [6.07, 6.45) is 0.901. The lowest BCUT2D eigenvalue weighted by Crippen LogP contribution is -2.26. The van der Waals surface area contributed by atoms with Gasteiger partial charge in [-0.1, -0.05) is 12.1 Å². The van der Waals surface area contributed by atoms with Gasteiger partial charge in [0.25, 0.3) is 0 Å². The lowest BCUT2D eigenvalue weighted by molar-refractivity contribution is 0.959. The number of anilines is 1. The molecule has 0 saturated heterocycles. The van der Waals surface area contributed by atoms with Gasteiger partial charge in [-0.2, -0.15) is 0 Å². The SMILES string of the molecule is Cl.Cl.NC(N)=Nc1ccc2c(c1)Cc1ccc(NC3=NCCN3)cc1-2. The van der Waals surface area contributed by atoms with E-state index in [1.165, 1.54) is 22.3 Å². The molecule has 0 bridgehead atoms. The van der Waals surface area contributed by atoms with E-state index in [-0.39, 0.29) is 30.8 Å². The Morgan fingerprint density at radius 3 is 2.60 bits per heavy atom. The molecule has 0 saturated carbocycles. The number of hydrogen-bond acceptors (Lipinski definition) is 4. The molecule has 6 nitrogen and oxygen atoms in total. The number of aliphatic imine (C=N–C) groups is 2. The van der Waals surface area contributed by atoms with E-state index in [9.17, 15) is 0 Å². The maximum atomic E-state index is 5.45. The lowest BCUT2D eigenvalue weighted by atomic mass is 10.0. The van der Waals surface area contributed by atoms with Gasteiger partial charge in [0.05, 0.1) is 12.2 Å². The van der Waals surface area contributed by atoms with E-state index in [1.807, 2.05) is 12.1 Å². The predicted octanol–water partition coefficient (Wildman–Crippen LogP) is 2.38. The van der Waals surface area contributed by atoms with Gasteiger partial charge >= 0.3 is 0 Å². The van der Waals surface area contributed by atoms with E-state index in [1.54, 1.807) is 0 Å². The summed E-state index contributed by atoms with van der Waals surface area (Å²) >= 11 is 0. The third-order valence-corrected chi connectivity index (χ3v) is 4.06. The molecule has 1 aliphatic heterocycles. The van der Waals surface area contributed by atoms with Crippen molar-refractivity contribution in [3.63, 3.8) is 0 Å². The number of halogens is 2. The molecule has 4 rings (SSSR count). The van der Waals surface area contributed by atoms with Crippen molar-refractivity contribution in [2.75, 3.05) is 18.4 Å². The van der Waals surface area contributed by atoms with E-state index in [4.69, 9.17) is 11.5 Å². The molecule has 8 heteroatoms. The van der Waals surface area contributed by atoms with Gasteiger partial charge in [0.1, 0.15) is 0 Å². The highest BCUT2D eigenvalue weighted by Gasteiger charge is 2.19. The van der Waals surface area contributed by atoms with Crippen molar-refractivity contribution < 1.29 is 0 Å². The van der Waals surface area contributed by atoms with Gasteiger partial charge in [0.2, 0.25) is 0 Å². The fourth-order valence-corrected chi connectivity index (χ4v) is 3.09. The first-order chi connectivity index (χ1) is 11.2. The minimum Gasteiger partial charge on any atom is -0.370 e. The third kappa shape index (κ3) is 3.81. The lowest BCUT2D eigenvalue weighted by Gasteiger charge is -2.09. The normalized spacial score (nSPS) is 13.4. The van der Waals surface area contributed by atoms with Crippen LogP contribution in [-0.4, -0.2) is 25.0 Å². The number of hydrogen-bond donors (Lipinski definition) is 4. The molecular formula is C17H20Cl2N6. The van der Waals surface area contributed by atoms with Gasteiger partial charge in [-0.05, 0) is 52.9 Å². The fourth-order valence-electron chi connectivity index (χ4n) is 3.09. The van der Waals surface area contributed by atoms with Crippen LogP contribution in [0.1, 0.15) is 11.1 Å². The first-order valence-corrected chi connectivity index (χ1v) is 7.60. The Hall–Kier alpha value is -2.44. The first-order valence-electron chi connectivity index (χ1n) is 7.60. The molecule has 1 aliphatic carbocycles. The maximum Gasteiger partial charge on any atom is 0.195 e. The largest absolute Gasteiger partial charge is 0.370 e. The second-order valence-corrected chi connectivity index (χ2v) is 5.71. The van der Waals surface area contributed by atoms with E-state index in [2.05, 4.69) is 44.9 Å². The van der Waals surface area contributed by atoms with Gasteiger partial charge in [-0.15, -0.1) is 24.8 Å². The zero-order chi connectivity index (χ0) is 15.8. The summed E-state index contributed by atoms with van der Waals surface area (Å²) in [6, 6.07) is 12.5. The Morgan fingerprint density at radius 1 is 1.04 bits per heavy atom. The van der Waals surface area contributed by atoms with Crippen molar-refractivity contribution >= 4 is 48.1 Å². The molecule has 2 aromatic rings. The molecule has 0 amide bonds. The number of nitrogens with one attached hydrogen (secondary N) is 2. The smallest absolute Gasteiger partial charge is 0.195 e. The Bertz CT molecular complexity index is 843. The first kappa shape index (κ1) is 18.9. The van der Waals surface area contributed by atoms with E-state index in [0.29, 0.717) is 0 Å². The molecule has 0 atom stereocenters. The number of nitrogens with two attached hydrogens (primary N) is 2. The second-order valence-electron chi connectivity index (χ2n) is 5.71. The molecule has 25 heavy (non-hydrogen) atoms. The van der Waals surface area contributed by atoms with E-state index < -0.39 is 0 Å². The van der Waals surface area contributed by atoms with Crippen LogP contribution in [0.3, 0.4) is 0 Å². The molecule has 1 heterocycles. The van der Waals surface area contributed by atoms with Crippen LogP contribution >= 0.6 is 24.8 Å². The zero-order valence-corrected chi connectivity index (χ0v) is 15.1. The van der Waals surface area contributed by atoms with Gasteiger partial charge in [-0.25, -0.2) is 4.99 Å². The minimum absolute atomic E-state index is 0. The van der Waals surface area contributed by atoms with E-state index >= 15 is 0 Å². The highest BCUT2D eigenvalue weighted by atomic mass is 35.5. The van der Waals surface area contributed by atoms with Crippen molar-refractivity contribution in [3.8, 4) is 11.1 Å². The average molecular weight is 379 g/mol. The summed E-state index contributed by atoms with van der Waals surface area (Å²) in [5, 5.41) is 6.54. The van der Waals surface area contributed by atoms with Crippen LogP contribution in [0.5, 0.6) is 0 Å². The molecule has 2 aromatic carbocycles. The van der Waals surface area contributed by atoms with Crippen LogP contribution in [0.15, 0.2) is 46.4 Å². The van der Waals surface area contributed by atoms with Crippen LogP contribution < -0.4 is 22.1 Å². The zero-order valence-electron chi connectivity index (χ0n) is 13.5. The number of guanidine groups is 2. The van der Waals surface area contributed by atoms with Gasteiger partial charge in [-0.3, -0.25) is 4.99 Å². The fraction of sp³-hybridized carbons (Fsp3) is 0.176. The highest BCUT2D eigenvalue weighted by molar-refractivity contribution is 5.95. The Balaban J connectivity index is 0.00000113. The van der Waals surface area contributed by atoms with Crippen molar-refractivity contribution in [2.24, 2.45) is 21.5 Å². The summed E-state index contributed by atoms with van der Waals surface area (Å²) in [7, 11) is 0. The maximum absolute atomic E-state index is 5.45. The topological polar surface area (TPSA) is 101 Å². The summed E-state index contributed by atoms with van der Waals surface area (Å²) in [6.45, 7) is 1.72. The highest BCUT2D eigenvalue weighted by Crippen LogP contribution is 2.39. The minimum atomic E-state index is 0. The molecular weight excluding hydrogens is 359 g/mol. The van der Waals surface area contributed by atoms with Crippen LogP contribution in [0.25, 0.3) is 11.1 Å². The van der Waals surface area contributed by atoms with Crippen molar-refractivity contribution in [1.29, 1.82) is 0 Å². The quantitative estimate of drug-likeness (QED) is 0.406. The van der Waals surface area contributed by atoms with Gasteiger partial charge < -0.3 is 22.1 Å². The molecule has 2 aliphatic rings. The summed E-state index contributed by atoms with van der Waals surface area (Å²) in [4.78, 5) is 8.49. The van der Waals surface area contributed by atoms with Crippen LogP contribution in [0.4, 0.5) is 11.4 Å². The number of rotatable bonds is 2. The Kier molecular flexibility index (Phi) is 5.77. The van der Waals surface area contributed by atoms with Crippen LogP contribution in [-0.2, 0) is 6.42 Å². The summed E-state index contributed by atoms with van der Waals surface area (Å²) in [5.41, 5.74) is 17.8. The molecule has 0 unspecified atom stereocenters. The standard InChI is InChI=1S/C17H18N6.2ClH/c18-16(19)22-12-3-4-14-11(8-12)7-10-1-2-13(9-15(10)14)23-17-20-5-6-21-17;;/h1-4,8-9H,5-7H2,(H4,18,19,22)(H2,20,21,23);2*1H. The molecule has 0 spiro atoms. The average Bonchev–Trinajstić information content (AvgIpc) is 3.13.